The number of benzene rings is 1. The summed E-state index contributed by atoms with van der Waals surface area (Å²) in [6.07, 6.45) is 1.76. The van der Waals surface area contributed by atoms with Crippen molar-refractivity contribution in [3.8, 4) is 0 Å². The van der Waals surface area contributed by atoms with Gasteiger partial charge in [-0.1, -0.05) is 6.07 Å². The number of pyridine rings is 1. The smallest absolute Gasteiger partial charge is 0.0734 e. The van der Waals surface area contributed by atoms with E-state index in [0.29, 0.717) is 0 Å². The van der Waals surface area contributed by atoms with Crippen LogP contribution in [0.25, 0.3) is 10.9 Å². The normalized spacial score (nSPS) is 10.4. The van der Waals surface area contributed by atoms with Gasteiger partial charge in [0.1, 0.15) is 0 Å². The molecule has 60 valence electrons. The highest BCUT2D eigenvalue weighted by Gasteiger charge is 2.00. The molecule has 2 aromatic rings. The molecule has 0 spiro atoms. The first kappa shape index (κ1) is 7.55. The summed E-state index contributed by atoms with van der Waals surface area (Å²) < 4.78 is 0.991. The highest BCUT2D eigenvalue weighted by Crippen LogP contribution is 2.26. The molecule has 2 N–H and O–H groups in total. The van der Waals surface area contributed by atoms with Gasteiger partial charge in [0.2, 0.25) is 0 Å². The molecule has 1 aromatic carbocycles. The zero-order valence-corrected chi connectivity index (χ0v) is 7.88. The van der Waals surface area contributed by atoms with Crippen LogP contribution in [0.15, 0.2) is 34.9 Å². The van der Waals surface area contributed by atoms with Crippen LogP contribution in [0, 0.1) is 0 Å². The van der Waals surface area contributed by atoms with Gasteiger partial charge >= 0.3 is 0 Å². The molecular formula is C9H7BrN2. The summed E-state index contributed by atoms with van der Waals surface area (Å²) >= 11 is 3.43. The quantitative estimate of drug-likeness (QED) is 0.697. The van der Waals surface area contributed by atoms with Gasteiger partial charge in [0.05, 0.1) is 5.52 Å². The molecule has 0 amide bonds. The Morgan fingerprint density at radius 1 is 1.25 bits per heavy atom. The number of nitrogens with zero attached hydrogens (tertiary/aromatic N) is 1. The average molecular weight is 223 g/mol. The molecule has 0 saturated carbocycles. The van der Waals surface area contributed by atoms with E-state index in [0.717, 1.165) is 21.1 Å². The lowest BCUT2D eigenvalue weighted by molar-refractivity contribution is 1.40. The monoisotopic (exact) mass is 222 g/mol. The van der Waals surface area contributed by atoms with Crippen LogP contribution >= 0.6 is 15.9 Å². The Bertz CT molecular complexity index is 389. The van der Waals surface area contributed by atoms with Crippen molar-refractivity contribution in [2.45, 2.75) is 0 Å². The van der Waals surface area contributed by atoms with Crippen molar-refractivity contribution in [1.82, 2.24) is 4.98 Å². The van der Waals surface area contributed by atoms with E-state index in [-0.39, 0.29) is 0 Å². The minimum atomic E-state index is 0.757. The minimum Gasteiger partial charge on any atom is -0.398 e. The molecule has 12 heavy (non-hydrogen) atoms. The molecule has 0 saturated heterocycles. The Hall–Kier alpha value is -1.09. The number of anilines is 1. The van der Waals surface area contributed by atoms with Crippen molar-refractivity contribution in [3.05, 3.63) is 34.9 Å². The van der Waals surface area contributed by atoms with Crippen molar-refractivity contribution in [3.63, 3.8) is 0 Å². The van der Waals surface area contributed by atoms with E-state index in [2.05, 4.69) is 20.9 Å². The number of halogens is 1. The van der Waals surface area contributed by atoms with Crippen molar-refractivity contribution in [2.75, 3.05) is 5.73 Å². The van der Waals surface area contributed by atoms with E-state index >= 15 is 0 Å². The molecule has 0 aliphatic rings. The van der Waals surface area contributed by atoms with Crippen LogP contribution < -0.4 is 5.73 Å². The first-order chi connectivity index (χ1) is 5.79. The maximum absolute atomic E-state index is 5.79. The average Bonchev–Trinajstić information content (AvgIpc) is 2.04. The third kappa shape index (κ3) is 1.06. The van der Waals surface area contributed by atoms with E-state index in [1.165, 1.54) is 0 Å². The molecule has 0 fully saturated rings. The van der Waals surface area contributed by atoms with Gasteiger partial charge in [0.15, 0.2) is 0 Å². The van der Waals surface area contributed by atoms with Crippen molar-refractivity contribution >= 4 is 32.5 Å². The number of aromatic nitrogens is 1. The standard InChI is InChI=1S/C9H7BrN2/c10-6-4-5-12-8-3-1-2-7(11)9(6)8/h1-5H,11H2. The number of rotatable bonds is 0. The molecule has 0 atom stereocenters. The van der Waals surface area contributed by atoms with Gasteiger partial charge in [-0.3, -0.25) is 4.98 Å². The van der Waals surface area contributed by atoms with E-state index in [1.54, 1.807) is 6.20 Å². The predicted molar refractivity (Wildman–Crippen MR) is 53.9 cm³/mol. The SMILES string of the molecule is Nc1cccc2nccc(Br)c12. The van der Waals surface area contributed by atoms with Crippen LogP contribution in [0.3, 0.4) is 0 Å². The Morgan fingerprint density at radius 3 is 2.83 bits per heavy atom. The maximum Gasteiger partial charge on any atom is 0.0734 e. The molecule has 1 heterocycles. The third-order valence-corrected chi connectivity index (χ3v) is 2.41. The van der Waals surface area contributed by atoms with E-state index in [1.807, 2.05) is 24.3 Å². The highest BCUT2D eigenvalue weighted by molar-refractivity contribution is 9.10. The minimum absolute atomic E-state index is 0.757. The van der Waals surface area contributed by atoms with Gasteiger partial charge in [-0.2, -0.15) is 0 Å². The van der Waals surface area contributed by atoms with Gasteiger partial charge < -0.3 is 5.73 Å². The van der Waals surface area contributed by atoms with Crippen LogP contribution in [-0.2, 0) is 0 Å². The molecular weight excluding hydrogens is 216 g/mol. The lowest BCUT2D eigenvalue weighted by Gasteiger charge is -2.01. The molecule has 3 heteroatoms. The van der Waals surface area contributed by atoms with Crippen LogP contribution in [0.2, 0.25) is 0 Å². The summed E-state index contributed by atoms with van der Waals surface area (Å²) in [6, 6.07) is 7.60. The maximum atomic E-state index is 5.79. The lowest BCUT2D eigenvalue weighted by Crippen LogP contribution is -1.88. The lowest BCUT2D eigenvalue weighted by atomic mass is 10.2. The number of hydrogen-bond donors (Lipinski definition) is 1. The summed E-state index contributed by atoms with van der Waals surface area (Å²) in [6.45, 7) is 0. The second-order valence-electron chi connectivity index (χ2n) is 2.53. The number of nitrogens with two attached hydrogens (primary N) is 1. The zero-order chi connectivity index (χ0) is 8.55. The van der Waals surface area contributed by atoms with Gasteiger partial charge in [-0.25, -0.2) is 0 Å². The largest absolute Gasteiger partial charge is 0.398 e. The first-order valence-corrected chi connectivity index (χ1v) is 4.37. The molecule has 2 rings (SSSR count). The van der Waals surface area contributed by atoms with Gasteiger partial charge in [0.25, 0.3) is 0 Å². The van der Waals surface area contributed by atoms with Gasteiger partial charge in [-0.05, 0) is 34.1 Å². The Balaban J connectivity index is 2.96. The summed E-state index contributed by atoms with van der Waals surface area (Å²) in [7, 11) is 0. The van der Waals surface area contributed by atoms with Crippen molar-refractivity contribution in [1.29, 1.82) is 0 Å². The second kappa shape index (κ2) is 2.75. The molecule has 0 aliphatic carbocycles. The predicted octanol–water partition coefficient (Wildman–Crippen LogP) is 2.58. The third-order valence-electron chi connectivity index (χ3n) is 1.75. The molecule has 0 unspecified atom stereocenters. The Labute approximate surface area is 78.5 Å². The summed E-state index contributed by atoms with van der Waals surface area (Å²) in [4.78, 5) is 4.19. The van der Waals surface area contributed by atoms with Crippen LogP contribution in [-0.4, -0.2) is 4.98 Å². The van der Waals surface area contributed by atoms with Crippen molar-refractivity contribution in [2.24, 2.45) is 0 Å². The fourth-order valence-electron chi connectivity index (χ4n) is 1.19. The van der Waals surface area contributed by atoms with Gasteiger partial charge in [0, 0.05) is 21.7 Å². The Kier molecular flexibility index (Phi) is 1.73. The molecule has 0 radical (unpaired) electrons. The second-order valence-corrected chi connectivity index (χ2v) is 3.39. The van der Waals surface area contributed by atoms with Crippen molar-refractivity contribution < 1.29 is 0 Å². The van der Waals surface area contributed by atoms with Gasteiger partial charge in [-0.15, -0.1) is 0 Å². The molecule has 1 aromatic heterocycles. The van der Waals surface area contributed by atoms with Crippen LogP contribution in [0.4, 0.5) is 5.69 Å². The zero-order valence-electron chi connectivity index (χ0n) is 6.29. The summed E-state index contributed by atoms with van der Waals surface area (Å²) in [5.74, 6) is 0. The molecule has 0 aliphatic heterocycles. The number of hydrogen-bond acceptors (Lipinski definition) is 2. The topological polar surface area (TPSA) is 38.9 Å². The fraction of sp³-hybridized carbons (Fsp3) is 0. The highest BCUT2D eigenvalue weighted by atomic mass is 79.9. The Morgan fingerprint density at radius 2 is 2.08 bits per heavy atom. The first-order valence-electron chi connectivity index (χ1n) is 3.58. The fourth-order valence-corrected chi connectivity index (χ4v) is 1.74. The molecule has 2 nitrogen and oxygen atoms in total. The van der Waals surface area contributed by atoms with Crippen LogP contribution in [0.5, 0.6) is 0 Å². The number of nitrogen functional groups attached to an aromatic ring is 1. The van der Waals surface area contributed by atoms with E-state index in [9.17, 15) is 0 Å². The number of fused-ring (bicyclic) bond motifs is 1. The summed E-state index contributed by atoms with van der Waals surface area (Å²) in [5, 5.41) is 0.986. The van der Waals surface area contributed by atoms with E-state index in [4.69, 9.17) is 5.73 Å². The van der Waals surface area contributed by atoms with Crippen LogP contribution in [0.1, 0.15) is 0 Å². The molecule has 0 bridgehead atoms. The van der Waals surface area contributed by atoms with E-state index < -0.39 is 0 Å². The summed E-state index contributed by atoms with van der Waals surface area (Å²) in [5.41, 5.74) is 7.46.